The van der Waals surface area contributed by atoms with E-state index in [2.05, 4.69) is 19.9 Å². The number of aromatic amines is 1. The summed E-state index contributed by atoms with van der Waals surface area (Å²) in [5.41, 5.74) is 4.34. The lowest BCUT2D eigenvalue weighted by atomic mass is 10.1. The molecule has 0 fully saturated rings. The second-order valence-electron chi connectivity index (χ2n) is 4.94. The molecule has 0 radical (unpaired) electrons. The largest absolute Gasteiger partial charge is 0.506 e. The first-order valence-corrected chi connectivity index (χ1v) is 7.73. The van der Waals surface area contributed by atoms with Gasteiger partial charge in [0.2, 0.25) is 0 Å². The Hall–Kier alpha value is -2.28. The number of thioether (sulfide) groups is 1. The minimum absolute atomic E-state index is 0.119. The van der Waals surface area contributed by atoms with Gasteiger partial charge in [-0.25, -0.2) is 9.97 Å². The Morgan fingerprint density at radius 1 is 1.27 bits per heavy atom. The Balaban J connectivity index is 1.82. The minimum atomic E-state index is 0.119. The number of nitrogens with one attached hydrogen (secondary N) is 1. The van der Waals surface area contributed by atoms with E-state index in [9.17, 15) is 5.11 Å². The van der Waals surface area contributed by atoms with Crippen LogP contribution in [0.25, 0.3) is 11.2 Å². The average molecular weight is 316 g/mol. The summed E-state index contributed by atoms with van der Waals surface area (Å²) in [5.74, 6) is 1.67. The third-order valence-electron chi connectivity index (χ3n) is 3.40. The van der Waals surface area contributed by atoms with Gasteiger partial charge in [0.05, 0.1) is 24.5 Å². The third-order valence-corrected chi connectivity index (χ3v) is 4.28. The van der Waals surface area contributed by atoms with E-state index in [4.69, 9.17) is 4.74 Å². The molecule has 0 aliphatic rings. The van der Waals surface area contributed by atoms with Gasteiger partial charge in [0.1, 0.15) is 11.5 Å². The second kappa shape index (κ2) is 5.84. The highest BCUT2D eigenvalue weighted by atomic mass is 32.2. The van der Waals surface area contributed by atoms with Crippen LogP contribution in [-0.4, -0.2) is 32.2 Å². The van der Waals surface area contributed by atoms with E-state index in [-0.39, 0.29) is 5.75 Å². The number of hydrogen-bond donors (Lipinski definition) is 2. The quantitative estimate of drug-likeness (QED) is 0.720. The maximum atomic E-state index is 9.43. The van der Waals surface area contributed by atoms with Crippen molar-refractivity contribution < 1.29 is 9.84 Å². The van der Waals surface area contributed by atoms with Gasteiger partial charge in [-0.2, -0.15) is 0 Å². The van der Waals surface area contributed by atoms with Gasteiger partial charge >= 0.3 is 0 Å². The number of rotatable bonds is 4. The maximum absolute atomic E-state index is 9.43. The van der Waals surface area contributed by atoms with Crippen LogP contribution < -0.4 is 4.74 Å². The number of pyridine rings is 2. The first-order chi connectivity index (χ1) is 10.6. The summed E-state index contributed by atoms with van der Waals surface area (Å²) in [6, 6.07) is 1.61. The number of methoxy groups -OCH3 is 1. The fraction of sp³-hybridized carbons (Fsp3) is 0.267. The lowest BCUT2D eigenvalue weighted by Gasteiger charge is -2.11. The molecule has 22 heavy (non-hydrogen) atoms. The molecule has 0 spiro atoms. The summed E-state index contributed by atoms with van der Waals surface area (Å²) in [6.07, 6.45) is 3.20. The zero-order chi connectivity index (χ0) is 15.7. The first kappa shape index (κ1) is 14.6. The van der Waals surface area contributed by atoms with Gasteiger partial charge in [0, 0.05) is 29.1 Å². The van der Waals surface area contributed by atoms with Crippen LogP contribution in [0.2, 0.25) is 0 Å². The smallest absolute Gasteiger partial charge is 0.178 e. The lowest BCUT2D eigenvalue weighted by Crippen LogP contribution is -1.98. The van der Waals surface area contributed by atoms with Crippen LogP contribution in [0.4, 0.5) is 0 Å². The zero-order valence-corrected chi connectivity index (χ0v) is 13.4. The third kappa shape index (κ3) is 2.71. The molecule has 0 bridgehead atoms. The molecule has 0 aliphatic carbocycles. The van der Waals surface area contributed by atoms with Gasteiger partial charge in [0.15, 0.2) is 10.8 Å². The summed E-state index contributed by atoms with van der Waals surface area (Å²) >= 11 is 1.54. The number of aromatic hydroxyl groups is 1. The summed E-state index contributed by atoms with van der Waals surface area (Å²) < 4.78 is 5.42. The summed E-state index contributed by atoms with van der Waals surface area (Å²) in [7, 11) is 1.67. The van der Waals surface area contributed by atoms with E-state index in [1.165, 1.54) is 18.0 Å². The summed E-state index contributed by atoms with van der Waals surface area (Å²) in [6.45, 7) is 3.99. The van der Waals surface area contributed by atoms with Gasteiger partial charge in [-0.05, 0) is 13.8 Å². The van der Waals surface area contributed by atoms with Crippen LogP contribution in [0.5, 0.6) is 11.5 Å². The molecule has 0 saturated heterocycles. The predicted octanol–water partition coefficient (Wildman–Crippen LogP) is 2.98. The predicted molar refractivity (Wildman–Crippen MR) is 85.4 cm³/mol. The van der Waals surface area contributed by atoms with E-state index < -0.39 is 0 Å². The number of ether oxygens (including phenoxy) is 1. The number of H-pyrrole nitrogens is 1. The monoisotopic (exact) mass is 316 g/mol. The van der Waals surface area contributed by atoms with E-state index >= 15 is 0 Å². The Labute approximate surface area is 132 Å². The van der Waals surface area contributed by atoms with Gasteiger partial charge in [0.25, 0.3) is 0 Å². The normalized spacial score (nSPS) is 11.0. The van der Waals surface area contributed by atoms with Gasteiger partial charge in [-0.1, -0.05) is 11.8 Å². The molecule has 3 rings (SSSR count). The molecular weight excluding hydrogens is 300 g/mol. The van der Waals surface area contributed by atoms with Crippen molar-refractivity contribution >= 4 is 22.9 Å². The standard InChI is InChI=1S/C15H16N4O2S/c1-8-5-16-12(9(2)13(8)21-3)7-22-15-18-11-4-10(20)6-17-14(11)19-15/h4-6,20H,7H2,1-3H3,(H,17,18,19). The molecule has 0 saturated carbocycles. The van der Waals surface area contributed by atoms with Crippen LogP contribution in [-0.2, 0) is 5.75 Å². The van der Waals surface area contributed by atoms with E-state index in [0.717, 1.165) is 27.7 Å². The highest BCUT2D eigenvalue weighted by Gasteiger charge is 2.11. The van der Waals surface area contributed by atoms with Crippen molar-refractivity contribution in [3.63, 3.8) is 0 Å². The van der Waals surface area contributed by atoms with Crippen molar-refractivity contribution in [1.82, 2.24) is 19.9 Å². The molecule has 3 heterocycles. The Morgan fingerprint density at radius 2 is 2.09 bits per heavy atom. The molecule has 0 amide bonds. The van der Waals surface area contributed by atoms with Crippen LogP contribution in [0.15, 0.2) is 23.6 Å². The molecule has 7 heteroatoms. The molecule has 6 nitrogen and oxygen atoms in total. The van der Waals surface area contributed by atoms with Crippen molar-refractivity contribution in [3.8, 4) is 11.5 Å². The maximum Gasteiger partial charge on any atom is 0.178 e. The van der Waals surface area contributed by atoms with Gasteiger partial charge < -0.3 is 14.8 Å². The number of aromatic nitrogens is 4. The van der Waals surface area contributed by atoms with Crippen molar-refractivity contribution in [2.45, 2.75) is 24.8 Å². The molecule has 3 aromatic heterocycles. The molecule has 3 aromatic rings. The fourth-order valence-electron chi connectivity index (χ4n) is 2.29. The van der Waals surface area contributed by atoms with Gasteiger partial charge in [-0.15, -0.1) is 0 Å². The second-order valence-corrected chi connectivity index (χ2v) is 5.91. The molecular formula is C15H16N4O2S. The van der Waals surface area contributed by atoms with Crippen molar-refractivity contribution in [3.05, 3.63) is 35.3 Å². The number of nitrogens with zero attached hydrogens (tertiary/aromatic N) is 3. The summed E-state index contributed by atoms with van der Waals surface area (Å²) in [5, 5.41) is 10.2. The zero-order valence-electron chi connectivity index (χ0n) is 12.5. The number of fused-ring (bicyclic) bond motifs is 1. The first-order valence-electron chi connectivity index (χ1n) is 6.75. The molecule has 114 valence electrons. The van der Waals surface area contributed by atoms with Crippen LogP contribution in [0, 0.1) is 13.8 Å². The van der Waals surface area contributed by atoms with Crippen LogP contribution in [0.1, 0.15) is 16.8 Å². The Kier molecular flexibility index (Phi) is 3.89. The van der Waals surface area contributed by atoms with E-state index in [1.54, 1.807) is 13.2 Å². The lowest BCUT2D eigenvalue weighted by molar-refractivity contribution is 0.407. The molecule has 0 atom stereocenters. The minimum Gasteiger partial charge on any atom is -0.506 e. The van der Waals surface area contributed by atoms with Crippen molar-refractivity contribution in [1.29, 1.82) is 0 Å². The van der Waals surface area contributed by atoms with Crippen LogP contribution >= 0.6 is 11.8 Å². The van der Waals surface area contributed by atoms with E-state index in [0.29, 0.717) is 16.9 Å². The molecule has 0 aliphatic heterocycles. The number of imidazole rings is 1. The highest BCUT2D eigenvalue weighted by Crippen LogP contribution is 2.29. The summed E-state index contributed by atoms with van der Waals surface area (Å²) in [4.78, 5) is 16.1. The average Bonchev–Trinajstić information content (AvgIpc) is 2.89. The SMILES string of the molecule is COc1c(C)cnc(CSc2nc3ncc(O)cc3[nH]2)c1C. The Morgan fingerprint density at radius 3 is 2.86 bits per heavy atom. The van der Waals surface area contributed by atoms with Crippen molar-refractivity contribution in [2.75, 3.05) is 7.11 Å². The number of hydrogen-bond acceptors (Lipinski definition) is 6. The molecule has 2 N–H and O–H groups in total. The molecule has 0 unspecified atom stereocenters. The van der Waals surface area contributed by atoms with Crippen molar-refractivity contribution in [2.24, 2.45) is 0 Å². The Bertz CT molecular complexity index is 832. The fourth-order valence-corrected chi connectivity index (χ4v) is 3.19. The van der Waals surface area contributed by atoms with Crippen LogP contribution in [0.3, 0.4) is 0 Å². The topological polar surface area (TPSA) is 83.9 Å². The number of aryl methyl sites for hydroxylation is 1. The molecule has 0 aromatic carbocycles. The van der Waals surface area contributed by atoms with Gasteiger partial charge in [-0.3, -0.25) is 4.98 Å². The highest BCUT2D eigenvalue weighted by molar-refractivity contribution is 7.98. The van der Waals surface area contributed by atoms with E-state index in [1.807, 2.05) is 20.0 Å².